The van der Waals surface area contributed by atoms with Gasteiger partial charge >= 0.3 is 0 Å². The maximum Gasteiger partial charge on any atom is 0.181 e. The Morgan fingerprint density at radius 3 is 2.63 bits per heavy atom. The van der Waals surface area contributed by atoms with E-state index in [-0.39, 0.29) is 11.0 Å². The number of benzene rings is 1. The maximum atomic E-state index is 5.98. The number of nitrogens with zero attached hydrogens (tertiary/aromatic N) is 1. The van der Waals surface area contributed by atoms with Gasteiger partial charge < -0.3 is 15.5 Å². The lowest BCUT2D eigenvalue weighted by Gasteiger charge is -2.28. The molecule has 0 amide bonds. The number of oxazole rings is 1. The zero-order chi connectivity index (χ0) is 14.1. The third-order valence-electron chi connectivity index (χ3n) is 3.26. The average molecular weight is 261 g/mol. The van der Waals surface area contributed by atoms with Crippen LogP contribution in [-0.2, 0) is 5.41 Å². The fraction of sp³-hybridized carbons (Fsp3) is 0.533. The van der Waals surface area contributed by atoms with Gasteiger partial charge in [-0.1, -0.05) is 19.9 Å². The average Bonchev–Trinajstić information content (AvgIpc) is 2.73. The molecule has 2 rings (SSSR count). The van der Waals surface area contributed by atoms with E-state index in [2.05, 4.69) is 36.3 Å². The highest BCUT2D eigenvalue weighted by atomic mass is 16.3. The molecule has 1 heterocycles. The van der Waals surface area contributed by atoms with Crippen LogP contribution in [0.5, 0.6) is 0 Å². The molecule has 19 heavy (non-hydrogen) atoms. The third kappa shape index (κ3) is 3.55. The van der Waals surface area contributed by atoms with Crippen LogP contribution in [0.25, 0.3) is 11.1 Å². The molecule has 0 aliphatic heterocycles. The van der Waals surface area contributed by atoms with Gasteiger partial charge in [0.2, 0.25) is 0 Å². The van der Waals surface area contributed by atoms with E-state index in [0.717, 1.165) is 24.2 Å². The molecule has 0 unspecified atom stereocenters. The van der Waals surface area contributed by atoms with Crippen LogP contribution in [0.4, 0.5) is 0 Å². The van der Waals surface area contributed by atoms with Crippen LogP contribution in [0.1, 0.15) is 33.3 Å². The Kier molecular flexibility index (Phi) is 3.65. The molecule has 0 spiro atoms. The van der Waals surface area contributed by atoms with Gasteiger partial charge in [0.15, 0.2) is 12.0 Å². The Balaban J connectivity index is 2.09. The molecule has 0 bridgehead atoms. The molecule has 4 nitrogen and oxygen atoms in total. The number of fused-ring (bicyclic) bond motifs is 1. The summed E-state index contributed by atoms with van der Waals surface area (Å²) in [6, 6.07) is 6.18. The van der Waals surface area contributed by atoms with Crippen LogP contribution in [-0.4, -0.2) is 23.6 Å². The molecule has 0 atom stereocenters. The predicted octanol–water partition coefficient (Wildman–Crippen LogP) is 2.43. The van der Waals surface area contributed by atoms with E-state index in [1.54, 1.807) is 0 Å². The molecule has 1 aromatic carbocycles. The monoisotopic (exact) mass is 261 g/mol. The van der Waals surface area contributed by atoms with Crippen LogP contribution >= 0.6 is 0 Å². The molecule has 0 aliphatic carbocycles. The number of nitrogens with one attached hydrogen (secondary N) is 1. The highest BCUT2D eigenvalue weighted by molar-refractivity contribution is 5.73. The van der Waals surface area contributed by atoms with E-state index in [4.69, 9.17) is 10.2 Å². The lowest BCUT2D eigenvalue weighted by atomic mass is 9.84. The first-order valence-electron chi connectivity index (χ1n) is 6.61. The number of rotatable bonds is 5. The van der Waals surface area contributed by atoms with Crippen molar-refractivity contribution in [2.75, 3.05) is 13.1 Å². The summed E-state index contributed by atoms with van der Waals surface area (Å²) in [5.41, 5.74) is 8.78. The molecule has 3 N–H and O–H groups in total. The Morgan fingerprint density at radius 2 is 1.95 bits per heavy atom. The summed E-state index contributed by atoms with van der Waals surface area (Å²) in [6.45, 7) is 10.1. The zero-order valence-electron chi connectivity index (χ0n) is 12.2. The van der Waals surface area contributed by atoms with Crippen LogP contribution in [0.15, 0.2) is 29.0 Å². The van der Waals surface area contributed by atoms with Gasteiger partial charge in [-0.15, -0.1) is 0 Å². The molecule has 0 fully saturated rings. The first-order chi connectivity index (χ1) is 8.78. The summed E-state index contributed by atoms with van der Waals surface area (Å²) in [5.74, 6) is 0. The van der Waals surface area contributed by atoms with E-state index >= 15 is 0 Å². The van der Waals surface area contributed by atoms with Crippen molar-refractivity contribution in [3.8, 4) is 0 Å². The van der Waals surface area contributed by atoms with Gasteiger partial charge in [-0.3, -0.25) is 0 Å². The summed E-state index contributed by atoms with van der Waals surface area (Å²) >= 11 is 0. The van der Waals surface area contributed by atoms with E-state index in [0.29, 0.717) is 0 Å². The van der Waals surface area contributed by atoms with Gasteiger partial charge in [-0.2, -0.15) is 0 Å². The Bertz CT molecular complexity index is 552. The summed E-state index contributed by atoms with van der Waals surface area (Å²) in [6.07, 6.45) is 1.48. The first kappa shape index (κ1) is 14.0. The SMILES string of the molecule is CC(C)(N)CNCC(C)(C)c1ccc2ncoc2c1. The van der Waals surface area contributed by atoms with Crippen LogP contribution in [0.3, 0.4) is 0 Å². The summed E-state index contributed by atoms with van der Waals surface area (Å²) in [5, 5.41) is 3.43. The Morgan fingerprint density at radius 1 is 1.21 bits per heavy atom. The van der Waals surface area contributed by atoms with Crippen LogP contribution in [0.2, 0.25) is 0 Å². The second-order valence-corrected chi connectivity index (χ2v) is 6.51. The molecule has 1 aromatic heterocycles. The fourth-order valence-electron chi connectivity index (χ4n) is 2.08. The van der Waals surface area contributed by atoms with Gasteiger partial charge in [0, 0.05) is 24.0 Å². The smallest absolute Gasteiger partial charge is 0.181 e. The van der Waals surface area contributed by atoms with Crippen molar-refractivity contribution in [1.29, 1.82) is 0 Å². The number of aromatic nitrogens is 1. The third-order valence-corrected chi connectivity index (χ3v) is 3.26. The van der Waals surface area contributed by atoms with Gasteiger partial charge in [0.05, 0.1) is 0 Å². The van der Waals surface area contributed by atoms with E-state index in [1.165, 1.54) is 12.0 Å². The topological polar surface area (TPSA) is 64.1 Å². The van der Waals surface area contributed by atoms with E-state index in [1.807, 2.05) is 19.9 Å². The minimum absolute atomic E-state index is 0.0201. The van der Waals surface area contributed by atoms with Gasteiger partial charge in [0.1, 0.15) is 5.52 Å². The van der Waals surface area contributed by atoms with E-state index < -0.39 is 0 Å². The van der Waals surface area contributed by atoms with Crippen molar-refractivity contribution in [1.82, 2.24) is 10.3 Å². The van der Waals surface area contributed by atoms with Crippen LogP contribution in [0, 0.1) is 0 Å². The van der Waals surface area contributed by atoms with Crippen molar-refractivity contribution in [3.05, 3.63) is 30.2 Å². The fourth-order valence-corrected chi connectivity index (χ4v) is 2.08. The second kappa shape index (κ2) is 4.94. The van der Waals surface area contributed by atoms with E-state index in [9.17, 15) is 0 Å². The lowest BCUT2D eigenvalue weighted by Crippen LogP contribution is -2.46. The van der Waals surface area contributed by atoms with Gasteiger partial charge in [-0.05, 0) is 31.5 Å². The molecule has 0 radical (unpaired) electrons. The molecular formula is C15H23N3O. The first-order valence-corrected chi connectivity index (χ1v) is 6.61. The zero-order valence-corrected chi connectivity index (χ0v) is 12.2. The second-order valence-electron chi connectivity index (χ2n) is 6.51. The van der Waals surface area contributed by atoms with Crippen molar-refractivity contribution in [2.45, 2.75) is 38.6 Å². The largest absolute Gasteiger partial charge is 0.443 e. The lowest BCUT2D eigenvalue weighted by molar-refractivity contribution is 0.411. The molecule has 0 saturated carbocycles. The quantitative estimate of drug-likeness (QED) is 0.867. The molecule has 2 aromatic rings. The minimum atomic E-state index is -0.190. The normalized spacial score (nSPS) is 13.1. The molecule has 0 aliphatic rings. The van der Waals surface area contributed by atoms with Crippen molar-refractivity contribution < 1.29 is 4.42 Å². The minimum Gasteiger partial charge on any atom is -0.443 e. The van der Waals surface area contributed by atoms with Gasteiger partial charge in [0.25, 0.3) is 0 Å². The predicted molar refractivity (Wildman–Crippen MR) is 78.2 cm³/mol. The van der Waals surface area contributed by atoms with Crippen molar-refractivity contribution in [2.24, 2.45) is 5.73 Å². The highest BCUT2D eigenvalue weighted by Gasteiger charge is 2.22. The van der Waals surface area contributed by atoms with Crippen molar-refractivity contribution in [3.63, 3.8) is 0 Å². The molecule has 0 saturated heterocycles. The summed E-state index contributed by atoms with van der Waals surface area (Å²) < 4.78 is 5.36. The number of hydrogen-bond donors (Lipinski definition) is 2. The molecule has 104 valence electrons. The maximum absolute atomic E-state index is 5.98. The number of hydrogen-bond acceptors (Lipinski definition) is 4. The highest BCUT2D eigenvalue weighted by Crippen LogP contribution is 2.25. The summed E-state index contributed by atoms with van der Waals surface area (Å²) in [7, 11) is 0. The summed E-state index contributed by atoms with van der Waals surface area (Å²) in [4.78, 5) is 4.14. The standard InChI is InChI=1S/C15H23N3O/c1-14(2,8-17-9-15(3,4)16)11-5-6-12-13(7-11)19-10-18-12/h5-7,10,17H,8-9,16H2,1-4H3. The number of nitrogens with two attached hydrogens (primary N) is 1. The Labute approximate surface area is 114 Å². The molecular weight excluding hydrogens is 238 g/mol. The van der Waals surface area contributed by atoms with Gasteiger partial charge in [-0.25, -0.2) is 4.98 Å². The van der Waals surface area contributed by atoms with Crippen LogP contribution < -0.4 is 11.1 Å². The molecule has 4 heteroatoms. The van der Waals surface area contributed by atoms with Crippen molar-refractivity contribution >= 4 is 11.1 Å². The Hall–Kier alpha value is -1.39.